The first-order valence-corrected chi connectivity index (χ1v) is 9.35. The molecule has 0 N–H and O–H groups in total. The zero-order valence-electron chi connectivity index (χ0n) is 14.4. The highest BCUT2D eigenvalue weighted by Gasteiger charge is 2.30. The Hall–Kier alpha value is -1.94. The molecular weight excluding hydrogens is 320 g/mol. The van der Waals surface area contributed by atoms with Crippen LogP contribution in [0.2, 0.25) is 0 Å². The molecule has 2 aromatic rings. The Kier molecular flexibility index (Phi) is 3.93. The Morgan fingerprint density at radius 1 is 0.680 bits per heavy atom. The maximum atomic E-state index is 4.24. The molecule has 10 heteroatoms. The Bertz CT molecular complexity index is 655. The SMILES string of the molecule is C1CN(Cc2nnnn2C2CC2)CCN(Cc2nnnn2C2CC2)C1. The number of nitrogens with zero attached hydrogens (tertiary/aromatic N) is 10. The Morgan fingerprint density at radius 3 is 1.60 bits per heavy atom. The molecule has 2 aliphatic carbocycles. The van der Waals surface area contributed by atoms with Crippen molar-refractivity contribution in [2.45, 2.75) is 57.3 Å². The fourth-order valence-corrected chi connectivity index (χ4v) is 3.58. The van der Waals surface area contributed by atoms with Crippen molar-refractivity contribution >= 4 is 0 Å². The van der Waals surface area contributed by atoms with Crippen LogP contribution < -0.4 is 0 Å². The minimum absolute atomic E-state index is 0.537. The van der Waals surface area contributed by atoms with E-state index < -0.39 is 0 Å². The minimum Gasteiger partial charge on any atom is -0.295 e. The first-order valence-electron chi connectivity index (χ1n) is 9.35. The van der Waals surface area contributed by atoms with Crippen molar-refractivity contribution in [2.75, 3.05) is 26.2 Å². The van der Waals surface area contributed by atoms with Gasteiger partial charge in [0.15, 0.2) is 11.6 Å². The highest BCUT2D eigenvalue weighted by atomic mass is 15.6. The standard InChI is InChI=1S/C15H24N10/c1-6-22(10-14-16-18-20-24(14)12-2-3-12)8-9-23(7-1)11-15-17-19-21-25(15)13-4-5-13/h12-13H,1-11H2. The summed E-state index contributed by atoms with van der Waals surface area (Å²) in [6.07, 6.45) is 5.99. The van der Waals surface area contributed by atoms with Gasteiger partial charge in [-0.05, 0) is 66.0 Å². The molecule has 2 aromatic heterocycles. The van der Waals surface area contributed by atoms with Crippen molar-refractivity contribution in [1.29, 1.82) is 0 Å². The smallest absolute Gasteiger partial charge is 0.165 e. The molecule has 0 spiro atoms. The van der Waals surface area contributed by atoms with E-state index in [2.05, 4.69) is 40.9 Å². The normalized spacial score (nSPS) is 23.0. The lowest BCUT2D eigenvalue weighted by molar-refractivity contribution is 0.235. The van der Waals surface area contributed by atoms with E-state index in [1.54, 1.807) is 0 Å². The van der Waals surface area contributed by atoms with E-state index >= 15 is 0 Å². The van der Waals surface area contributed by atoms with Crippen molar-refractivity contribution in [2.24, 2.45) is 0 Å². The average molecular weight is 344 g/mol. The number of hydrogen-bond donors (Lipinski definition) is 0. The van der Waals surface area contributed by atoms with E-state index in [0.717, 1.165) is 57.3 Å². The molecule has 134 valence electrons. The van der Waals surface area contributed by atoms with Gasteiger partial charge in [-0.15, -0.1) is 10.2 Å². The summed E-state index contributed by atoms with van der Waals surface area (Å²) in [4.78, 5) is 4.93. The molecule has 0 unspecified atom stereocenters. The average Bonchev–Trinajstić information content (AvgIpc) is 3.54. The van der Waals surface area contributed by atoms with E-state index in [9.17, 15) is 0 Å². The van der Waals surface area contributed by atoms with E-state index in [0.29, 0.717) is 12.1 Å². The third-order valence-electron chi connectivity index (χ3n) is 5.32. The van der Waals surface area contributed by atoms with Crippen LogP contribution in [0, 0.1) is 0 Å². The lowest BCUT2D eigenvalue weighted by atomic mass is 10.3. The number of hydrogen-bond acceptors (Lipinski definition) is 8. The summed E-state index contributed by atoms with van der Waals surface area (Å²) in [5.41, 5.74) is 0. The van der Waals surface area contributed by atoms with Crippen molar-refractivity contribution in [3.63, 3.8) is 0 Å². The summed E-state index contributed by atoms with van der Waals surface area (Å²) in [5.74, 6) is 2.02. The van der Waals surface area contributed by atoms with Crippen molar-refractivity contribution in [1.82, 2.24) is 50.2 Å². The molecule has 5 rings (SSSR count). The van der Waals surface area contributed by atoms with Crippen LogP contribution in [0.3, 0.4) is 0 Å². The zero-order chi connectivity index (χ0) is 16.6. The van der Waals surface area contributed by atoms with Gasteiger partial charge in [0.05, 0.1) is 25.2 Å². The fraction of sp³-hybridized carbons (Fsp3) is 0.867. The van der Waals surface area contributed by atoms with E-state index in [-0.39, 0.29) is 0 Å². The monoisotopic (exact) mass is 344 g/mol. The Labute approximate surface area is 146 Å². The van der Waals surface area contributed by atoms with Gasteiger partial charge in [0, 0.05) is 13.1 Å². The summed E-state index contributed by atoms with van der Waals surface area (Å²) in [7, 11) is 0. The molecule has 25 heavy (non-hydrogen) atoms. The summed E-state index contributed by atoms with van der Waals surface area (Å²) in [5, 5.41) is 24.5. The van der Waals surface area contributed by atoms with Crippen molar-refractivity contribution in [3.05, 3.63) is 11.6 Å². The van der Waals surface area contributed by atoms with Crippen LogP contribution in [0.15, 0.2) is 0 Å². The van der Waals surface area contributed by atoms with E-state index in [4.69, 9.17) is 0 Å². The van der Waals surface area contributed by atoms with Gasteiger partial charge in [-0.1, -0.05) is 0 Å². The molecule has 2 saturated carbocycles. The van der Waals surface area contributed by atoms with Crippen LogP contribution in [0.1, 0.15) is 55.8 Å². The quantitative estimate of drug-likeness (QED) is 0.725. The van der Waals surface area contributed by atoms with Crippen LogP contribution in [-0.4, -0.2) is 76.4 Å². The summed E-state index contributed by atoms with van der Waals surface area (Å²) in [6.45, 7) is 5.92. The molecule has 0 aromatic carbocycles. The van der Waals surface area contributed by atoms with Crippen LogP contribution in [0.5, 0.6) is 0 Å². The largest absolute Gasteiger partial charge is 0.295 e. The highest BCUT2D eigenvalue weighted by Crippen LogP contribution is 2.35. The first kappa shape index (κ1) is 15.3. The highest BCUT2D eigenvalue weighted by molar-refractivity contribution is 4.92. The molecule has 10 nitrogen and oxygen atoms in total. The molecule has 1 saturated heterocycles. The topological polar surface area (TPSA) is 93.7 Å². The molecule has 0 atom stereocenters. The van der Waals surface area contributed by atoms with E-state index in [1.165, 1.54) is 25.7 Å². The van der Waals surface area contributed by atoms with Crippen molar-refractivity contribution in [3.8, 4) is 0 Å². The first-order chi connectivity index (χ1) is 12.4. The van der Waals surface area contributed by atoms with Gasteiger partial charge in [0.25, 0.3) is 0 Å². The molecule has 0 amide bonds. The molecule has 3 fully saturated rings. The Morgan fingerprint density at radius 2 is 1.16 bits per heavy atom. The summed E-state index contributed by atoms with van der Waals surface area (Å²) < 4.78 is 4.04. The number of rotatable bonds is 6. The summed E-state index contributed by atoms with van der Waals surface area (Å²) >= 11 is 0. The van der Waals surface area contributed by atoms with Crippen molar-refractivity contribution < 1.29 is 0 Å². The van der Waals surface area contributed by atoms with E-state index in [1.807, 2.05) is 9.36 Å². The molecule has 0 bridgehead atoms. The third kappa shape index (κ3) is 3.40. The van der Waals surface area contributed by atoms with Gasteiger partial charge in [0.2, 0.25) is 0 Å². The van der Waals surface area contributed by atoms with Crippen LogP contribution in [0.4, 0.5) is 0 Å². The molecular formula is C15H24N10. The fourth-order valence-electron chi connectivity index (χ4n) is 3.58. The van der Waals surface area contributed by atoms with Crippen LogP contribution >= 0.6 is 0 Å². The van der Waals surface area contributed by atoms with Crippen LogP contribution in [-0.2, 0) is 13.1 Å². The molecule has 3 heterocycles. The zero-order valence-corrected chi connectivity index (χ0v) is 14.4. The van der Waals surface area contributed by atoms with Gasteiger partial charge in [0.1, 0.15) is 0 Å². The number of tetrazole rings is 2. The maximum Gasteiger partial charge on any atom is 0.165 e. The van der Waals surface area contributed by atoms with Gasteiger partial charge in [-0.2, -0.15) is 0 Å². The third-order valence-corrected chi connectivity index (χ3v) is 5.32. The second-order valence-electron chi connectivity index (χ2n) is 7.45. The van der Waals surface area contributed by atoms with Gasteiger partial charge >= 0.3 is 0 Å². The number of aromatic nitrogens is 8. The molecule has 3 aliphatic rings. The summed E-state index contributed by atoms with van der Waals surface area (Å²) in [6, 6.07) is 1.07. The molecule has 1 aliphatic heterocycles. The molecule has 0 radical (unpaired) electrons. The van der Waals surface area contributed by atoms with Crippen LogP contribution in [0.25, 0.3) is 0 Å². The Balaban J connectivity index is 1.18. The maximum absolute atomic E-state index is 4.24. The lowest BCUT2D eigenvalue weighted by Gasteiger charge is -2.21. The second kappa shape index (κ2) is 6.41. The van der Waals surface area contributed by atoms with Gasteiger partial charge < -0.3 is 0 Å². The van der Waals surface area contributed by atoms with Gasteiger partial charge in [-0.3, -0.25) is 9.80 Å². The minimum atomic E-state index is 0.537. The predicted octanol–water partition coefficient (Wildman–Crippen LogP) is 0.0373. The lowest BCUT2D eigenvalue weighted by Crippen LogP contribution is -2.31. The second-order valence-corrected chi connectivity index (χ2v) is 7.45. The predicted molar refractivity (Wildman–Crippen MR) is 87.3 cm³/mol. The van der Waals surface area contributed by atoms with Gasteiger partial charge in [-0.25, -0.2) is 9.36 Å².